The number of hydrogen-bond donors (Lipinski definition) is 1. The minimum absolute atomic E-state index is 0.144. The molecule has 2 heteroatoms. The molecule has 0 saturated carbocycles. The Morgan fingerprint density at radius 1 is 1.67 bits per heavy atom. The lowest BCUT2D eigenvalue weighted by Gasteiger charge is -2.33. The minimum atomic E-state index is -1.86. The van der Waals surface area contributed by atoms with E-state index in [1.165, 1.54) is 0 Å². The van der Waals surface area contributed by atoms with Gasteiger partial charge in [0.15, 0.2) is 0 Å². The molecule has 0 aliphatic carbocycles. The predicted octanol–water partition coefficient (Wildman–Crippen LogP) is 2.07. The maximum absolute atomic E-state index is 11.7. The van der Waals surface area contributed by atoms with Crippen LogP contribution in [0.5, 0.6) is 0 Å². The second-order valence-corrected chi connectivity index (χ2v) is 4.12. The maximum atomic E-state index is 11.7. The highest BCUT2D eigenvalue weighted by Crippen LogP contribution is 2.33. The van der Waals surface area contributed by atoms with Gasteiger partial charge >= 0.3 is 0 Å². The number of rotatable bonds is 0. The van der Waals surface area contributed by atoms with Crippen LogP contribution in [-0.2, 0) is 4.79 Å². The van der Waals surface area contributed by atoms with Crippen LogP contribution in [0.2, 0.25) is 0 Å². The van der Waals surface area contributed by atoms with Gasteiger partial charge in [0, 0.05) is 15.7 Å². The third-order valence-corrected chi connectivity index (χ3v) is 1.84. The van der Waals surface area contributed by atoms with Crippen molar-refractivity contribution in [1.82, 2.24) is 5.32 Å². The molecule has 0 spiro atoms. The number of hydrogen-bond acceptors (Lipinski definition) is 1. The van der Waals surface area contributed by atoms with E-state index in [4.69, 9.17) is 4.11 Å². The van der Waals surface area contributed by atoms with Crippen molar-refractivity contribution < 1.29 is 8.91 Å². The minimum Gasteiger partial charge on any atom is -0.330 e. The van der Waals surface area contributed by atoms with Gasteiger partial charge in [-0.05, 0) is 18.2 Å². The van der Waals surface area contributed by atoms with Crippen molar-refractivity contribution in [2.75, 3.05) is 0 Å². The van der Waals surface area contributed by atoms with Crippen LogP contribution in [-0.4, -0.2) is 5.91 Å². The summed E-state index contributed by atoms with van der Waals surface area (Å²) in [5.74, 6) is -1.20. The number of amides is 1. The molecule has 0 aromatic heterocycles. The summed E-state index contributed by atoms with van der Waals surface area (Å²) < 4.78 is 23.4. The topological polar surface area (TPSA) is 29.1 Å². The molecule has 0 bridgehead atoms. The highest BCUT2D eigenvalue weighted by molar-refractivity contribution is 5.82. The number of piperidine rings is 1. The third-order valence-electron chi connectivity index (χ3n) is 1.84. The van der Waals surface area contributed by atoms with Crippen LogP contribution in [0.3, 0.4) is 0 Å². The fourth-order valence-electron chi connectivity index (χ4n) is 1.17. The van der Waals surface area contributed by atoms with Crippen molar-refractivity contribution >= 4 is 5.91 Å². The molecular formula is C10H17NO. The molecule has 2 atom stereocenters. The first-order valence-electron chi connectivity index (χ1n) is 5.58. The fraction of sp³-hybridized carbons (Fsp3) is 0.700. The van der Waals surface area contributed by atoms with Gasteiger partial charge in [0.05, 0.1) is 0 Å². The quantitative estimate of drug-likeness (QED) is 0.592. The lowest BCUT2D eigenvalue weighted by molar-refractivity contribution is -0.129. The van der Waals surface area contributed by atoms with Crippen LogP contribution in [0.15, 0.2) is 12.3 Å². The number of nitrogens with one attached hydrogen (secondary N) is 1. The molecule has 1 saturated heterocycles. The highest BCUT2D eigenvalue weighted by Gasteiger charge is 2.33. The Bertz CT molecular complexity index is 306. The van der Waals surface area contributed by atoms with Crippen molar-refractivity contribution in [2.45, 2.75) is 33.5 Å². The van der Waals surface area contributed by atoms with Gasteiger partial charge in [-0.25, -0.2) is 0 Å². The van der Waals surface area contributed by atoms with Crippen LogP contribution in [0.1, 0.15) is 37.7 Å². The molecule has 2 unspecified atom stereocenters. The van der Waals surface area contributed by atoms with Crippen LogP contribution in [0.25, 0.3) is 0 Å². The van der Waals surface area contributed by atoms with E-state index in [0.29, 0.717) is 0 Å². The highest BCUT2D eigenvalue weighted by atomic mass is 16.2. The van der Waals surface area contributed by atoms with Gasteiger partial charge in [-0.15, -0.1) is 0 Å². The number of carbonyl (C=O) groups excluding carboxylic acids is 1. The Morgan fingerprint density at radius 2 is 2.25 bits per heavy atom. The molecule has 0 aromatic rings. The summed E-state index contributed by atoms with van der Waals surface area (Å²) in [7, 11) is 0. The van der Waals surface area contributed by atoms with Crippen molar-refractivity contribution in [3.8, 4) is 0 Å². The number of carbonyl (C=O) groups is 1. The van der Waals surface area contributed by atoms with Gasteiger partial charge < -0.3 is 5.32 Å². The van der Waals surface area contributed by atoms with E-state index < -0.39 is 24.1 Å². The molecule has 1 amide bonds. The summed E-state index contributed by atoms with van der Waals surface area (Å²) in [5, 5.41) is 2.48. The first kappa shape index (κ1) is 5.79. The van der Waals surface area contributed by atoms with Gasteiger partial charge in [0.1, 0.15) is 0 Å². The van der Waals surface area contributed by atoms with E-state index >= 15 is 0 Å². The monoisotopic (exact) mass is 170 g/mol. The molecule has 1 fully saturated rings. The lowest BCUT2D eigenvalue weighted by Crippen LogP contribution is -2.41. The molecule has 1 aliphatic rings. The summed E-state index contributed by atoms with van der Waals surface area (Å²) in [6.07, 6.45) is -2.96. The normalized spacial score (nSPS) is 39.4. The second kappa shape index (κ2) is 2.92. The smallest absolute Gasteiger partial charge is 0.227 e. The van der Waals surface area contributed by atoms with Crippen LogP contribution in [0, 0.1) is 11.3 Å². The van der Waals surface area contributed by atoms with Crippen molar-refractivity contribution in [3.63, 3.8) is 0 Å². The zero-order chi connectivity index (χ0) is 12.0. The second-order valence-electron chi connectivity index (χ2n) is 4.12. The van der Waals surface area contributed by atoms with E-state index in [2.05, 4.69) is 11.9 Å². The Labute approximate surface area is 78.3 Å². The lowest BCUT2D eigenvalue weighted by atomic mass is 9.76. The van der Waals surface area contributed by atoms with Crippen molar-refractivity contribution in [3.05, 3.63) is 12.3 Å². The summed E-state index contributed by atoms with van der Waals surface area (Å²) in [6.45, 7) is 8.90. The molecule has 12 heavy (non-hydrogen) atoms. The Kier molecular flexibility index (Phi) is 1.41. The van der Waals surface area contributed by atoms with E-state index in [1.807, 2.05) is 0 Å². The summed E-state index contributed by atoms with van der Waals surface area (Å²) in [6, 6.07) is 0. The SMILES string of the molecule is [2H]C1C(=C)NC(=O)C(C(C)(C)C)C1([2H])[2H]. The Hall–Kier alpha value is -0.790. The Balaban J connectivity index is 3.15. The molecule has 1 N–H and O–H groups in total. The average molecular weight is 170 g/mol. The zero-order valence-electron chi connectivity index (χ0n) is 10.8. The van der Waals surface area contributed by atoms with Crippen LogP contribution < -0.4 is 5.32 Å². The molecule has 0 aromatic carbocycles. The largest absolute Gasteiger partial charge is 0.330 e. The summed E-state index contributed by atoms with van der Waals surface area (Å²) in [5.41, 5.74) is -0.362. The van der Waals surface area contributed by atoms with Gasteiger partial charge in [-0.1, -0.05) is 27.4 Å². The van der Waals surface area contributed by atoms with E-state index in [0.717, 1.165) is 0 Å². The molecular weight excluding hydrogens is 150 g/mol. The predicted molar refractivity (Wildman–Crippen MR) is 49.5 cm³/mol. The standard InChI is InChI=1S/C10H17NO/c1-7-5-6-8(9(12)11-7)10(2,3)4/h8H,1,5-6H2,2-4H3,(H,11,12)/i5D,6D2. The maximum Gasteiger partial charge on any atom is 0.227 e. The van der Waals surface area contributed by atoms with Gasteiger partial charge in [0.2, 0.25) is 5.91 Å². The van der Waals surface area contributed by atoms with Crippen molar-refractivity contribution in [1.29, 1.82) is 0 Å². The Morgan fingerprint density at radius 3 is 2.75 bits per heavy atom. The molecule has 0 radical (unpaired) electrons. The van der Waals surface area contributed by atoms with E-state index in [9.17, 15) is 4.79 Å². The van der Waals surface area contributed by atoms with E-state index in [1.54, 1.807) is 20.8 Å². The van der Waals surface area contributed by atoms with Crippen molar-refractivity contribution in [2.24, 2.45) is 11.3 Å². The van der Waals surface area contributed by atoms with Crippen LogP contribution in [0.4, 0.5) is 0 Å². The average Bonchev–Trinajstić information content (AvgIpc) is 1.96. The summed E-state index contributed by atoms with van der Waals surface area (Å²) >= 11 is 0. The summed E-state index contributed by atoms with van der Waals surface area (Å²) in [4.78, 5) is 11.7. The van der Waals surface area contributed by atoms with Crippen LogP contribution >= 0.6 is 0 Å². The molecule has 68 valence electrons. The fourth-order valence-corrected chi connectivity index (χ4v) is 1.17. The van der Waals surface area contributed by atoms with Gasteiger partial charge in [-0.2, -0.15) is 0 Å². The number of allylic oxidation sites excluding steroid dienone is 1. The van der Waals surface area contributed by atoms with Gasteiger partial charge in [-0.3, -0.25) is 4.79 Å². The van der Waals surface area contributed by atoms with Gasteiger partial charge in [0.25, 0.3) is 0 Å². The molecule has 2 nitrogen and oxygen atoms in total. The molecule has 1 heterocycles. The molecule has 1 rings (SSSR count). The first-order chi connectivity index (χ1) is 6.58. The third kappa shape index (κ3) is 1.87. The van der Waals surface area contributed by atoms with E-state index in [-0.39, 0.29) is 11.6 Å². The molecule has 1 aliphatic heterocycles. The zero-order valence-corrected chi connectivity index (χ0v) is 7.77. The first-order valence-corrected chi connectivity index (χ1v) is 4.00.